The molecule has 1 heterocycles. The Hall–Kier alpha value is -4.40. The van der Waals surface area contributed by atoms with Crippen molar-refractivity contribution in [2.24, 2.45) is 0 Å². The number of fused-ring (bicyclic) bond motifs is 1. The van der Waals surface area contributed by atoms with Crippen LogP contribution in [0.2, 0.25) is 0 Å². The van der Waals surface area contributed by atoms with Gasteiger partial charge in [0, 0.05) is 11.3 Å². The number of nitrogens with one attached hydrogen (secondary N) is 1. The first-order chi connectivity index (χ1) is 16.8. The van der Waals surface area contributed by atoms with Crippen molar-refractivity contribution in [1.29, 1.82) is 0 Å². The molecule has 0 unspecified atom stereocenters. The Morgan fingerprint density at radius 2 is 1.63 bits per heavy atom. The van der Waals surface area contributed by atoms with Crippen LogP contribution >= 0.6 is 0 Å². The van der Waals surface area contributed by atoms with Gasteiger partial charge in [-0.15, -0.1) is 0 Å². The fourth-order valence-corrected chi connectivity index (χ4v) is 3.78. The van der Waals surface area contributed by atoms with Gasteiger partial charge in [0.25, 0.3) is 11.5 Å². The topological polar surface area (TPSA) is 91.7 Å². The average Bonchev–Trinajstić information content (AvgIpc) is 2.87. The van der Waals surface area contributed by atoms with Crippen molar-refractivity contribution in [3.8, 4) is 17.2 Å². The van der Waals surface area contributed by atoms with E-state index in [4.69, 9.17) is 14.2 Å². The minimum Gasteiger partial charge on any atom is -0.493 e. The largest absolute Gasteiger partial charge is 0.493 e. The number of ether oxygens (including phenoxy) is 3. The summed E-state index contributed by atoms with van der Waals surface area (Å²) in [7, 11) is 4.41. The van der Waals surface area contributed by atoms with Gasteiger partial charge in [-0.1, -0.05) is 12.1 Å². The van der Waals surface area contributed by atoms with Crippen molar-refractivity contribution < 1.29 is 23.4 Å². The van der Waals surface area contributed by atoms with E-state index < -0.39 is 5.91 Å². The fraction of sp³-hybridized carbons (Fsp3) is 0.192. The molecule has 0 saturated heterocycles. The Morgan fingerprint density at radius 1 is 0.971 bits per heavy atom. The van der Waals surface area contributed by atoms with Crippen LogP contribution in [0.25, 0.3) is 10.9 Å². The summed E-state index contributed by atoms with van der Waals surface area (Å²) in [5.74, 6) is 0.830. The van der Waals surface area contributed by atoms with Gasteiger partial charge in [0.15, 0.2) is 11.5 Å². The summed E-state index contributed by atoms with van der Waals surface area (Å²) >= 11 is 0. The molecule has 0 radical (unpaired) electrons. The molecule has 180 valence electrons. The lowest BCUT2D eigenvalue weighted by atomic mass is 10.1. The molecule has 0 aliphatic rings. The zero-order chi connectivity index (χ0) is 25.1. The van der Waals surface area contributed by atoms with E-state index in [2.05, 4.69) is 10.3 Å². The second kappa shape index (κ2) is 9.84. The van der Waals surface area contributed by atoms with Crippen LogP contribution < -0.4 is 25.1 Å². The Kier molecular flexibility index (Phi) is 6.68. The first kappa shape index (κ1) is 23.7. The number of benzene rings is 3. The predicted molar refractivity (Wildman–Crippen MR) is 130 cm³/mol. The van der Waals surface area contributed by atoms with Crippen LogP contribution in [0.1, 0.15) is 21.7 Å². The summed E-state index contributed by atoms with van der Waals surface area (Å²) in [6.45, 7) is 1.99. The van der Waals surface area contributed by atoms with E-state index in [9.17, 15) is 14.0 Å². The predicted octanol–water partition coefficient (Wildman–Crippen LogP) is 4.17. The van der Waals surface area contributed by atoms with Crippen LogP contribution in [0.15, 0.2) is 59.4 Å². The smallest absolute Gasteiger partial charge is 0.261 e. The summed E-state index contributed by atoms with van der Waals surface area (Å²) in [5.41, 5.74) is 1.72. The second-order valence-corrected chi connectivity index (χ2v) is 7.78. The molecule has 8 nitrogen and oxygen atoms in total. The molecule has 35 heavy (non-hydrogen) atoms. The molecule has 1 aromatic heterocycles. The van der Waals surface area contributed by atoms with Crippen molar-refractivity contribution in [3.63, 3.8) is 0 Å². The monoisotopic (exact) mass is 477 g/mol. The lowest BCUT2D eigenvalue weighted by Gasteiger charge is -2.14. The van der Waals surface area contributed by atoms with Crippen LogP contribution in [0.5, 0.6) is 17.2 Å². The molecule has 0 spiro atoms. The van der Waals surface area contributed by atoms with Gasteiger partial charge in [-0.2, -0.15) is 0 Å². The van der Waals surface area contributed by atoms with Gasteiger partial charge in [-0.3, -0.25) is 14.2 Å². The number of anilines is 1. The van der Waals surface area contributed by atoms with E-state index in [0.29, 0.717) is 39.7 Å². The molecule has 4 aromatic rings. The van der Waals surface area contributed by atoms with Crippen molar-refractivity contribution in [2.45, 2.75) is 13.5 Å². The van der Waals surface area contributed by atoms with E-state index >= 15 is 0 Å². The van der Waals surface area contributed by atoms with Crippen molar-refractivity contribution >= 4 is 22.5 Å². The summed E-state index contributed by atoms with van der Waals surface area (Å²) in [6.07, 6.45) is 0. The van der Waals surface area contributed by atoms with E-state index in [-0.39, 0.29) is 23.5 Å². The van der Waals surface area contributed by atoms with Gasteiger partial charge in [-0.05, 0) is 55.0 Å². The number of amides is 1. The number of hydrogen-bond donors (Lipinski definition) is 1. The van der Waals surface area contributed by atoms with E-state index in [1.807, 2.05) is 0 Å². The van der Waals surface area contributed by atoms with Crippen LogP contribution in [0.3, 0.4) is 0 Å². The van der Waals surface area contributed by atoms with E-state index in [1.54, 1.807) is 49.4 Å². The Bertz CT molecular complexity index is 1440. The zero-order valence-electron chi connectivity index (χ0n) is 19.7. The zero-order valence-corrected chi connectivity index (χ0v) is 19.7. The number of methoxy groups -OCH3 is 3. The molecule has 1 amide bonds. The number of aromatic nitrogens is 2. The van der Waals surface area contributed by atoms with Crippen LogP contribution in [-0.4, -0.2) is 36.8 Å². The molecule has 0 saturated carbocycles. The maximum absolute atomic E-state index is 13.3. The molecular formula is C26H24FN3O5. The summed E-state index contributed by atoms with van der Waals surface area (Å²) < 4.78 is 30.7. The van der Waals surface area contributed by atoms with Crippen LogP contribution in [-0.2, 0) is 6.54 Å². The highest BCUT2D eigenvalue weighted by Gasteiger charge is 2.18. The second-order valence-electron chi connectivity index (χ2n) is 7.78. The molecule has 0 bridgehead atoms. The average molecular weight is 477 g/mol. The third-order valence-corrected chi connectivity index (χ3v) is 5.58. The maximum Gasteiger partial charge on any atom is 0.261 e. The highest BCUT2D eigenvalue weighted by atomic mass is 19.1. The standard InChI is InChI=1S/C26H24FN3O5/c1-15-28-21-10-9-19(13-20(21)26(32)30(15)14-16-5-7-18(27)8-6-16)29-25(31)17-11-22(33-2)24(35-4)23(12-17)34-3/h5-13H,14H2,1-4H3,(H,29,31). The van der Waals surface area contributed by atoms with E-state index in [0.717, 1.165) is 5.56 Å². The minimum absolute atomic E-state index is 0.246. The van der Waals surface area contributed by atoms with Gasteiger partial charge in [0.2, 0.25) is 5.75 Å². The summed E-state index contributed by atoms with van der Waals surface area (Å²) in [6, 6.07) is 14.0. The number of rotatable bonds is 7. The fourth-order valence-electron chi connectivity index (χ4n) is 3.78. The first-order valence-electron chi connectivity index (χ1n) is 10.7. The lowest BCUT2D eigenvalue weighted by Crippen LogP contribution is -2.24. The molecule has 0 fully saturated rings. The highest BCUT2D eigenvalue weighted by Crippen LogP contribution is 2.38. The minimum atomic E-state index is -0.421. The molecule has 0 aliphatic carbocycles. The molecule has 0 atom stereocenters. The number of halogens is 1. The number of carbonyl (C=O) groups excluding carboxylic acids is 1. The Morgan fingerprint density at radius 3 is 2.23 bits per heavy atom. The Labute approximate surface area is 200 Å². The molecule has 9 heteroatoms. The lowest BCUT2D eigenvalue weighted by molar-refractivity contribution is 0.102. The third-order valence-electron chi connectivity index (χ3n) is 5.58. The van der Waals surface area contributed by atoms with Crippen molar-refractivity contribution in [1.82, 2.24) is 9.55 Å². The SMILES string of the molecule is COc1cc(C(=O)Nc2ccc3nc(C)n(Cc4ccc(F)cc4)c(=O)c3c2)cc(OC)c1OC. The summed E-state index contributed by atoms with van der Waals surface area (Å²) in [5, 5.41) is 3.15. The van der Waals surface area contributed by atoms with Gasteiger partial charge >= 0.3 is 0 Å². The van der Waals surface area contributed by atoms with Crippen LogP contribution in [0, 0.1) is 12.7 Å². The number of aryl methyl sites for hydroxylation is 1. The number of nitrogens with zero attached hydrogens (tertiary/aromatic N) is 2. The number of carbonyl (C=O) groups is 1. The van der Waals surface area contributed by atoms with E-state index in [1.165, 1.54) is 38.0 Å². The molecule has 1 N–H and O–H groups in total. The normalized spacial score (nSPS) is 10.8. The quantitative estimate of drug-likeness (QED) is 0.430. The van der Waals surface area contributed by atoms with Crippen molar-refractivity contribution in [3.05, 3.63) is 87.7 Å². The van der Waals surface area contributed by atoms with Gasteiger partial charge in [0.05, 0.1) is 38.8 Å². The highest BCUT2D eigenvalue weighted by molar-refractivity contribution is 6.05. The Balaban J connectivity index is 1.67. The van der Waals surface area contributed by atoms with Crippen molar-refractivity contribution in [2.75, 3.05) is 26.6 Å². The number of hydrogen-bond acceptors (Lipinski definition) is 6. The van der Waals surface area contributed by atoms with Gasteiger partial charge in [-0.25, -0.2) is 9.37 Å². The van der Waals surface area contributed by atoms with Gasteiger partial charge < -0.3 is 19.5 Å². The molecule has 0 aliphatic heterocycles. The van der Waals surface area contributed by atoms with Gasteiger partial charge in [0.1, 0.15) is 11.6 Å². The molecule has 3 aromatic carbocycles. The summed E-state index contributed by atoms with van der Waals surface area (Å²) in [4.78, 5) is 30.7. The molecule has 4 rings (SSSR count). The van der Waals surface area contributed by atoms with Crippen LogP contribution in [0.4, 0.5) is 10.1 Å². The first-order valence-corrected chi connectivity index (χ1v) is 10.7. The third kappa shape index (κ3) is 4.79. The maximum atomic E-state index is 13.3. The molecular weight excluding hydrogens is 453 g/mol.